The number of carbonyl (C=O) groups excluding carboxylic acids is 1. The van der Waals surface area contributed by atoms with Crippen LogP contribution in [0, 0.1) is 23.7 Å². The molecule has 4 atom stereocenters. The third-order valence-electron chi connectivity index (χ3n) is 8.40. The zero-order chi connectivity index (χ0) is 21.2. The maximum Gasteiger partial charge on any atom is 0.310 e. The van der Waals surface area contributed by atoms with Crippen molar-refractivity contribution in [1.82, 2.24) is 15.3 Å². The zero-order valence-corrected chi connectivity index (χ0v) is 19.1. The zero-order valence-electron chi connectivity index (χ0n) is 19.1. The van der Waals surface area contributed by atoms with E-state index in [2.05, 4.69) is 10.2 Å². The number of fused-ring (bicyclic) bond motifs is 3. The van der Waals surface area contributed by atoms with Gasteiger partial charge < -0.3 is 4.74 Å². The van der Waals surface area contributed by atoms with Crippen molar-refractivity contribution >= 4 is 5.97 Å². The van der Waals surface area contributed by atoms with Gasteiger partial charge in [-0.1, -0.05) is 19.3 Å². The van der Waals surface area contributed by atoms with Gasteiger partial charge in [0, 0.05) is 18.3 Å². The Balaban J connectivity index is 1.23. The highest BCUT2D eigenvalue weighted by atomic mass is 16.6. The van der Waals surface area contributed by atoms with Crippen molar-refractivity contribution in [2.45, 2.75) is 103 Å². The van der Waals surface area contributed by atoms with Gasteiger partial charge in [0.1, 0.15) is 6.61 Å². The van der Waals surface area contributed by atoms with Crippen LogP contribution < -0.4 is 5.48 Å². The molecule has 0 radical (unpaired) electrons. The van der Waals surface area contributed by atoms with E-state index in [-0.39, 0.29) is 17.9 Å². The third kappa shape index (κ3) is 4.43. The van der Waals surface area contributed by atoms with Gasteiger partial charge in [0.2, 0.25) is 0 Å². The second-order valence-electron chi connectivity index (χ2n) is 10.3. The molecule has 4 aliphatic carbocycles. The van der Waals surface area contributed by atoms with E-state index in [0.717, 1.165) is 43.8 Å². The molecule has 0 aromatic carbocycles. The minimum atomic E-state index is -0.0588. The van der Waals surface area contributed by atoms with Crippen molar-refractivity contribution in [3.63, 3.8) is 0 Å². The molecular weight excluding hydrogens is 390 g/mol. The molecule has 1 heterocycles. The van der Waals surface area contributed by atoms with Gasteiger partial charge in [-0.25, -0.2) is 0 Å². The number of hydrogen-bond donors (Lipinski definition) is 1. The molecule has 2 unspecified atom stereocenters. The lowest BCUT2D eigenvalue weighted by Crippen LogP contribution is -2.44. The first-order valence-electron chi connectivity index (χ1n) is 12.9. The van der Waals surface area contributed by atoms with Gasteiger partial charge in [-0.3, -0.25) is 14.3 Å². The number of ether oxygens (including phenoxy) is 1. The molecule has 6 heteroatoms. The van der Waals surface area contributed by atoms with Crippen molar-refractivity contribution in [3.8, 4) is 0 Å². The summed E-state index contributed by atoms with van der Waals surface area (Å²) in [6.07, 6.45) is 15.1. The van der Waals surface area contributed by atoms with E-state index in [4.69, 9.17) is 14.7 Å². The van der Waals surface area contributed by atoms with E-state index < -0.39 is 0 Å². The standard InChI is InChI=1S/C25H39N3O3/c1-2-30-25(29)23-18-12-13-19(14-18)24(23)27-31-16-21-20-10-6-7-11-22(20)28(26-21)15-17-8-4-3-5-9-17/h17-19,23-24,27H,2-16H2,1H3/t18?,19?,23-,24+/m0/s1. The first-order valence-corrected chi connectivity index (χ1v) is 12.9. The highest BCUT2D eigenvalue weighted by Gasteiger charge is 2.51. The largest absolute Gasteiger partial charge is 0.466 e. The smallest absolute Gasteiger partial charge is 0.310 e. The molecule has 0 spiro atoms. The highest BCUT2D eigenvalue weighted by molar-refractivity contribution is 5.74. The minimum absolute atomic E-state index is 0.0510. The molecule has 1 N–H and O–H groups in total. The second-order valence-corrected chi connectivity index (χ2v) is 10.3. The van der Waals surface area contributed by atoms with Gasteiger partial charge in [0.15, 0.2) is 0 Å². The molecule has 3 fully saturated rings. The van der Waals surface area contributed by atoms with Crippen LogP contribution in [0.3, 0.4) is 0 Å². The van der Waals surface area contributed by atoms with Crippen LogP contribution in [0.25, 0.3) is 0 Å². The van der Waals surface area contributed by atoms with Crippen LogP contribution >= 0.6 is 0 Å². The first-order chi connectivity index (χ1) is 15.2. The Labute approximate surface area is 186 Å². The van der Waals surface area contributed by atoms with Crippen LogP contribution in [0.5, 0.6) is 0 Å². The average Bonchev–Trinajstić information content (AvgIpc) is 3.49. The fourth-order valence-corrected chi connectivity index (χ4v) is 6.88. The van der Waals surface area contributed by atoms with Crippen molar-refractivity contribution in [2.75, 3.05) is 6.61 Å². The number of hydroxylamine groups is 1. The normalized spacial score (nSPS) is 30.5. The van der Waals surface area contributed by atoms with E-state index >= 15 is 0 Å². The van der Waals surface area contributed by atoms with Gasteiger partial charge in [-0.15, -0.1) is 0 Å². The Kier molecular flexibility index (Phi) is 6.65. The van der Waals surface area contributed by atoms with E-state index in [1.165, 1.54) is 62.6 Å². The van der Waals surface area contributed by atoms with Gasteiger partial charge in [-0.2, -0.15) is 10.6 Å². The van der Waals surface area contributed by atoms with Crippen molar-refractivity contribution in [2.24, 2.45) is 23.7 Å². The fourth-order valence-electron chi connectivity index (χ4n) is 6.88. The van der Waals surface area contributed by atoms with Crippen molar-refractivity contribution < 1.29 is 14.4 Å². The van der Waals surface area contributed by atoms with Crippen LogP contribution in [0.1, 0.15) is 88.1 Å². The summed E-state index contributed by atoms with van der Waals surface area (Å²) < 4.78 is 7.69. The summed E-state index contributed by atoms with van der Waals surface area (Å²) in [6.45, 7) is 3.90. The monoisotopic (exact) mass is 429 g/mol. The van der Waals surface area contributed by atoms with Crippen molar-refractivity contribution in [1.29, 1.82) is 0 Å². The number of esters is 1. The summed E-state index contributed by atoms with van der Waals surface area (Å²) in [7, 11) is 0. The van der Waals surface area contributed by atoms with Gasteiger partial charge >= 0.3 is 5.97 Å². The molecule has 1 aromatic rings. The van der Waals surface area contributed by atoms with Gasteiger partial charge in [0.05, 0.1) is 18.2 Å². The Morgan fingerprint density at radius 1 is 1.06 bits per heavy atom. The predicted octanol–water partition coefficient (Wildman–Crippen LogP) is 4.34. The van der Waals surface area contributed by atoms with E-state index in [0.29, 0.717) is 25.0 Å². The molecule has 0 aliphatic heterocycles. The molecule has 1 aromatic heterocycles. The van der Waals surface area contributed by atoms with Crippen molar-refractivity contribution in [3.05, 3.63) is 17.0 Å². The molecule has 2 bridgehead atoms. The van der Waals surface area contributed by atoms with Crippen LogP contribution in [-0.2, 0) is 40.4 Å². The summed E-state index contributed by atoms with van der Waals surface area (Å²) in [5, 5.41) is 5.04. The van der Waals surface area contributed by atoms with Gasteiger partial charge in [-0.05, 0) is 88.0 Å². The summed E-state index contributed by atoms with van der Waals surface area (Å²) in [6, 6.07) is 0.0814. The lowest BCUT2D eigenvalue weighted by Gasteiger charge is -2.29. The first kappa shape index (κ1) is 21.4. The lowest BCUT2D eigenvalue weighted by atomic mass is 9.85. The van der Waals surface area contributed by atoms with Crippen LogP contribution in [0.15, 0.2) is 0 Å². The van der Waals surface area contributed by atoms with Crippen LogP contribution in [0.2, 0.25) is 0 Å². The molecule has 4 aliphatic rings. The molecular formula is C25H39N3O3. The molecule has 0 amide bonds. The maximum atomic E-state index is 12.5. The summed E-state index contributed by atoms with van der Waals surface area (Å²) in [5.74, 6) is 1.65. The number of aromatic nitrogens is 2. The van der Waals surface area contributed by atoms with E-state index in [1.54, 1.807) is 0 Å². The summed E-state index contributed by atoms with van der Waals surface area (Å²) in [4.78, 5) is 18.6. The van der Waals surface area contributed by atoms with Crippen LogP contribution in [-0.4, -0.2) is 28.4 Å². The maximum absolute atomic E-state index is 12.5. The van der Waals surface area contributed by atoms with Crippen LogP contribution in [0.4, 0.5) is 0 Å². The highest BCUT2D eigenvalue weighted by Crippen LogP contribution is 2.49. The molecule has 172 valence electrons. The minimum Gasteiger partial charge on any atom is -0.466 e. The van der Waals surface area contributed by atoms with Gasteiger partial charge in [0.25, 0.3) is 0 Å². The Bertz CT molecular complexity index is 770. The lowest BCUT2D eigenvalue weighted by molar-refractivity contribution is -0.153. The Hall–Kier alpha value is -1.40. The quantitative estimate of drug-likeness (QED) is 0.492. The molecule has 3 saturated carbocycles. The number of carbonyl (C=O) groups is 1. The topological polar surface area (TPSA) is 65.4 Å². The molecule has 5 rings (SSSR count). The summed E-state index contributed by atoms with van der Waals surface area (Å²) >= 11 is 0. The predicted molar refractivity (Wildman–Crippen MR) is 118 cm³/mol. The number of nitrogens with one attached hydrogen (secondary N) is 1. The second kappa shape index (κ2) is 9.62. The number of rotatable bonds is 8. The number of hydrogen-bond acceptors (Lipinski definition) is 5. The van der Waals surface area contributed by atoms with E-state index in [1.807, 2.05) is 6.92 Å². The Morgan fingerprint density at radius 3 is 2.71 bits per heavy atom. The Morgan fingerprint density at radius 2 is 1.87 bits per heavy atom. The average molecular weight is 430 g/mol. The SMILES string of the molecule is CCOC(=O)[C@H]1C2CCC(C2)[C@H]1NOCc1nn(CC2CCCCC2)c2c1CCCC2. The summed E-state index contributed by atoms with van der Waals surface area (Å²) in [5.41, 5.74) is 7.29. The molecule has 31 heavy (non-hydrogen) atoms. The molecule has 0 saturated heterocycles. The number of nitrogens with zero attached hydrogens (tertiary/aromatic N) is 2. The third-order valence-corrected chi connectivity index (χ3v) is 8.40. The molecule has 6 nitrogen and oxygen atoms in total. The van der Waals surface area contributed by atoms with E-state index in [9.17, 15) is 4.79 Å². The fraction of sp³-hybridized carbons (Fsp3) is 0.840.